The fourth-order valence-corrected chi connectivity index (χ4v) is 1.77. The van der Waals surface area contributed by atoms with E-state index >= 15 is 0 Å². The van der Waals surface area contributed by atoms with Gasteiger partial charge in [0.15, 0.2) is 0 Å². The minimum Gasteiger partial charge on any atom is -0.481 e. The van der Waals surface area contributed by atoms with Crippen molar-refractivity contribution in [3.8, 4) is 0 Å². The van der Waals surface area contributed by atoms with E-state index < -0.39 is 41.3 Å². The van der Waals surface area contributed by atoms with E-state index in [0.29, 0.717) is 0 Å². The number of hydrogen-bond acceptors (Lipinski definition) is 6. The van der Waals surface area contributed by atoms with Crippen LogP contribution in [0.5, 0.6) is 0 Å². The summed E-state index contributed by atoms with van der Waals surface area (Å²) in [6.07, 6.45) is -1.62. The lowest BCUT2D eigenvalue weighted by atomic mass is 10.2. The third-order valence-corrected chi connectivity index (χ3v) is 2.75. The average Bonchev–Trinajstić information content (AvgIpc) is 2.41. The Hall–Kier alpha value is -2.52. The van der Waals surface area contributed by atoms with Gasteiger partial charge in [-0.2, -0.15) is 0 Å². The molecule has 0 aliphatic rings. The molecular formula is C17H31N3O7. The number of carboxylic acid groups (broad SMARTS) is 1. The third-order valence-electron chi connectivity index (χ3n) is 2.75. The lowest BCUT2D eigenvalue weighted by Crippen LogP contribution is -2.50. The lowest BCUT2D eigenvalue weighted by molar-refractivity contribution is -0.137. The number of nitrogens with one attached hydrogen (secondary N) is 3. The first-order valence-electron chi connectivity index (χ1n) is 8.65. The van der Waals surface area contributed by atoms with Gasteiger partial charge in [-0.15, -0.1) is 0 Å². The van der Waals surface area contributed by atoms with Crippen molar-refractivity contribution in [1.29, 1.82) is 0 Å². The number of carbonyl (C=O) groups is 4. The molecule has 0 radical (unpaired) electrons. The van der Waals surface area contributed by atoms with E-state index in [0.717, 1.165) is 0 Å². The Morgan fingerprint density at radius 3 is 1.85 bits per heavy atom. The van der Waals surface area contributed by atoms with E-state index in [-0.39, 0.29) is 25.9 Å². The zero-order valence-electron chi connectivity index (χ0n) is 16.8. The molecule has 0 spiro atoms. The molecule has 0 bridgehead atoms. The van der Waals surface area contributed by atoms with Crippen LogP contribution in [0.2, 0.25) is 0 Å². The van der Waals surface area contributed by atoms with E-state index in [4.69, 9.17) is 14.6 Å². The van der Waals surface area contributed by atoms with E-state index in [1.807, 2.05) is 0 Å². The van der Waals surface area contributed by atoms with Gasteiger partial charge in [-0.05, 0) is 48.0 Å². The van der Waals surface area contributed by atoms with Crippen LogP contribution in [0.1, 0.15) is 54.4 Å². The molecule has 1 atom stereocenters. The Morgan fingerprint density at radius 1 is 0.852 bits per heavy atom. The molecule has 0 aromatic carbocycles. The second-order valence-corrected chi connectivity index (χ2v) is 7.85. The smallest absolute Gasteiger partial charge is 0.408 e. The summed E-state index contributed by atoms with van der Waals surface area (Å²) in [6, 6.07) is -1.01. The molecule has 27 heavy (non-hydrogen) atoms. The number of carbonyl (C=O) groups excluding carboxylic acids is 3. The standard InChI is InChI=1S/C17H31N3O7/c1-16(2,3)26-14(24)19-9-7-11(13(23)18-10-8-12(21)22)20-15(25)27-17(4,5)6/h11H,7-10H2,1-6H3,(H,18,23)(H,19,24)(H,20,25)(H,21,22)/t11-/m1/s1. The Kier molecular flexibility index (Phi) is 9.60. The third kappa shape index (κ3) is 14.3. The predicted octanol–water partition coefficient (Wildman–Crippen LogP) is 1.39. The SMILES string of the molecule is CC(C)(C)OC(=O)NCC[C@@H](NC(=O)OC(C)(C)C)C(=O)NCCC(=O)O. The quantitative estimate of drug-likeness (QED) is 0.491. The maximum Gasteiger partial charge on any atom is 0.408 e. The summed E-state index contributed by atoms with van der Waals surface area (Å²) in [5.74, 6) is -1.63. The summed E-state index contributed by atoms with van der Waals surface area (Å²) in [5.41, 5.74) is -1.41. The number of amides is 3. The summed E-state index contributed by atoms with van der Waals surface area (Å²) in [5, 5.41) is 16.0. The molecule has 156 valence electrons. The van der Waals surface area contributed by atoms with Gasteiger partial charge in [0, 0.05) is 13.1 Å². The van der Waals surface area contributed by atoms with Crippen LogP contribution in [0.4, 0.5) is 9.59 Å². The molecule has 4 N–H and O–H groups in total. The number of rotatable bonds is 8. The Labute approximate surface area is 159 Å². The zero-order chi connectivity index (χ0) is 21.3. The highest BCUT2D eigenvalue weighted by atomic mass is 16.6. The monoisotopic (exact) mass is 389 g/mol. The Morgan fingerprint density at radius 2 is 1.37 bits per heavy atom. The van der Waals surface area contributed by atoms with E-state index in [1.54, 1.807) is 41.5 Å². The molecular weight excluding hydrogens is 358 g/mol. The van der Waals surface area contributed by atoms with Gasteiger partial charge < -0.3 is 30.5 Å². The summed E-state index contributed by atoms with van der Waals surface area (Å²) >= 11 is 0. The molecule has 10 heteroatoms. The summed E-state index contributed by atoms with van der Waals surface area (Å²) < 4.78 is 10.2. The van der Waals surface area contributed by atoms with Crippen molar-refractivity contribution in [2.24, 2.45) is 0 Å². The molecule has 0 saturated heterocycles. The first-order valence-corrected chi connectivity index (χ1v) is 8.65. The van der Waals surface area contributed by atoms with E-state index in [2.05, 4.69) is 16.0 Å². The van der Waals surface area contributed by atoms with Crippen molar-refractivity contribution in [3.05, 3.63) is 0 Å². The van der Waals surface area contributed by atoms with Gasteiger partial charge in [0.2, 0.25) is 5.91 Å². The van der Waals surface area contributed by atoms with Crippen molar-refractivity contribution in [2.45, 2.75) is 71.6 Å². The molecule has 0 aromatic rings. The topological polar surface area (TPSA) is 143 Å². The Balaban J connectivity index is 4.72. The van der Waals surface area contributed by atoms with Crippen LogP contribution in [-0.4, -0.2) is 59.5 Å². The number of ether oxygens (including phenoxy) is 2. The fourth-order valence-electron chi connectivity index (χ4n) is 1.77. The minimum atomic E-state index is -1.06. The second-order valence-electron chi connectivity index (χ2n) is 7.85. The molecule has 10 nitrogen and oxygen atoms in total. The Bertz CT molecular complexity index is 536. The second kappa shape index (κ2) is 10.6. The van der Waals surface area contributed by atoms with Gasteiger partial charge >= 0.3 is 18.2 Å². The maximum absolute atomic E-state index is 12.2. The van der Waals surface area contributed by atoms with Crippen molar-refractivity contribution in [2.75, 3.05) is 13.1 Å². The minimum absolute atomic E-state index is 0.0573. The molecule has 0 heterocycles. The molecule has 0 fully saturated rings. The van der Waals surface area contributed by atoms with Crippen molar-refractivity contribution in [3.63, 3.8) is 0 Å². The molecule has 3 amide bonds. The molecule has 0 aliphatic heterocycles. The summed E-state index contributed by atoms with van der Waals surface area (Å²) in [6.45, 7) is 10.2. The number of aliphatic carboxylic acids is 1. The van der Waals surface area contributed by atoms with Gasteiger partial charge in [-0.3, -0.25) is 9.59 Å². The number of alkyl carbamates (subject to hydrolysis) is 2. The number of hydrogen-bond donors (Lipinski definition) is 4. The highest BCUT2D eigenvalue weighted by Crippen LogP contribution is 2.08. The van der Waals surface area contributed by atoms with Gasteiger partial charge in [-0.1, -0.05) is 0 Å². The molecule has 0 unspecified atom stereocenters. The van der Waals surface area contributed by atoms with Crippen molar-refractivity contribution < 1.29 is 33.8 Å². The molecule has 0 saturated carbocycles. The highest BCUT2D eigenvalue weighted by molar-refractivity contribution is 5.86. The first kappa shape index (κ1) is 24.5. The van der Waals surface area contributed by atoms with Gasteiger partial charge in [0.25, 0.3) is 0 Å². The summed E-state index contributed by atoms with van der Waals surface area (Å²) in [7, 11) is 0. The highest BCUT2D eigenvalue weighted by Gasteiger charge is 2.25. The molecule has 0 aliphatic carbocycles. The van der Waals surface area contributed by atoms with Crippen LogP contribution in [0.3, 0.4) is 0 Å². The van der Waals surface area contributed by atoms with Crippen LogP contribution in [-0.2, 0) is 19.1 Å². The normalized spacial score (nSPS) is 12.5. The summed E-state index contributed by atoms with van der Waals surface area (Å²) in [4.78, 5) is 46.3. The van der Waals surface area contributed by atoms with E-state index in [9.17, 15) is 19.2 Å². The first-order chi connectivity index (χ1) is 12.2. The average molecular weight is 389 g/mol. The fraction of sp³-hybridized carbons (Fsp3) is 0.765. The van der Waals surface area contributed by atoms with Gasteiger partial charge in [0.1, 0.15) is 17.2 Å². The molecule has 0 rings (SSSR count). The van der Waals surface area contributed by atoms with Crippen LogP contribution < -0.4 is 16.0 Å². The van der Waals surface area contributed by atoms with Crippen LogP contribution in [0.25, 0.3) is 0 Å². The predicted molar refractivity (Wildman–Crippen MR) is 97.3 cm³/mol. The number of carboxylic acids is 1. The van der Waals surface area contributed by atoms with Gasteiger partial charge in [-0.25, -0.2) is 9.59 Å². The largest absolute Gasteiger partial charge is 0.481 e. The van der Waals surface area contributed by atoms with Crippen LogP contribution >= 0.6 is 0 Å². The van der Waals surface area contributed by atoms with E-state index in [1.165, 1.54) is 0 Å². The van der Waals surface area contributed by atoms with Crippen molar-refractivity contribution in [1.82, 2.24) is 16.0 Å². The van der Waals surface area contributed by atoms with Crippen molar-refractivity contribution >= 4 is 24.1 Å². The van der Waals surface area contributed by atoms with Crippen LogP contribution in [0, 0.1) is 0 Å². The maximum atomic E-state index is 12.2. The lowest BCUT2D eigenvalue weighted by Gasteiger charge is -2.24. The van der Waals surface area contributed by atoms with Crippen LogP contribution in [0.15, 0.2) is 0 Å². The zero-order valence-corrected chi connectivity index (χ0v) is 16.8. The van der Waals surface area contributed by atoms with Gasteiger partial charge in [0.05, 0.1) is 6.42 Å². The molecule has 0 aromatic heterocycles.